The summed E-state index contributed by atoms with van der Waals surface area (Å²) >= 11 is 6.37. The smallest absolute Gasteiger partial charge is 0.224 e. The van der Waals surface area contributed by atoms with Crippen LogP contribution in [0.5, 0.6) is 11.5 Å². The number of aryl methyl sites for hydroxylation is 2. The summed E-state index contributed by atoms with van der Waals surface area (Å²) in [7, 11) is 1.88. The fourth-order valence-corrected chi connectivity index (χ4v) is 4.42. The number of hydrogen-bond acceptors (Lipinski definition) is 5. The SMILES string of the molecule is Cc1nn(C)c(Cl)c1CN1CCC(CCC(=O)Nc2ccc3c(c2)OCCO3)CC1. The first-order chi connectivity index (χ1) is 14.5. The molecule has 2 aromatic rings. The third-order valence-corrected chi connectivity index (χ3v) is 6.44. The molecule has 0 radical (unpaired) electrons. The van der Waals surface area contributed by atoms with E-state index in [1.165, 1.54) is 0 Å². The number of likely N-dealkylation sites (tertiary alicyclic amines) is 1. The van der Waals surface area contributed by atoms with Crippen LogP contribution in [0.3, 0.4) is 0 Å². The molecule has 0 unspecified atom stereocenters. The Morgan fingerprint density at radius 2 is 1.97 bits per heavy atom. The number of ether oxygens (including phenoxy) is 2. The Morgan fingerprint density at radius 1 is 1.23 bits per heavy atom. The van der Waals surface area contributed by atoms with Gasteiger partial charge in [0.25, 0.3) is 0 Å². The first kappa shape index (κ1) is 21.0. The lowest BCUT2D eigenvalue weighted by molar-refractivity contribution is -0.116. The van der Waals surface area contributed by atoms with Crippen molar-refractivity contribution in [1.82, 2.24) is 14.7 Å². The van der Waals surface area contributed by atoms with E-state index in [0.717, 1.165) is 66.7 Å². The van der Waals surface area contributed by atoms with Crippen molar-refractivity contribution in [1.29, 1.82) is 0 Å². The Hall–Kier alpha value is -2.25. The van der Waals surface area contributed by atoms with E-state index in [2.05, 4.69) is 15.3 Å². The molecule has 1 aromatic heterocycles. The van der Waals surface area contributed by atoms with Crippen LogP contribution < -0.4 is 14.8 Å². The first-order valence-electron chi connectivity index (χ1n) is 10.6. The van der Waals surface area contributed by atoms with Crippen molar-refractivity contribution in [3.05, 3.63) is 34.6 Å². The van der Waals surface area contributed by atoms with E-state index in [4.69, 9.17) is 21.1 Å². The Morgan fingerprint density at radius 3 is 2.67 bits per heavy atom. The van der Waals surface area contributed by atoms with Gasteiger partial charge in [0, 0.05) is 37.3 Å². The molecule has 0 bridgehead atoms. The lowest BCUT2D eigenvalue weighted by atomic mass is 9.92. The zero-order chi connectivity index (χ0) is 21.1. The summed E-state index contributed by atoms with van der Waals surface area (Å²) in [6, 6.07) is 5.53. The average molecular weight is 433 g/mol. The van der Waals surface area contributed by atoms with Crippen LogP contribution in [0.2, 0.25) is 5.15 Å². The minimum atomic E-state index is 0.0480. The molecule has 1 amide bonds. The molecular formula is C22H29ClN4O3. The van der Waals surface area contributed by atoms with Crippen molar-refractivity contribution in [3.63, 3.8) is 0 Å². The van der Waals surface area contributed by atoms with Gasteiger partial charge in [0.2, 0.25) is 5.91 Å². The zero-order valence-corrected chi connectivity index (χ0v) is 18.4. The van der Waals surface area contributed by atoms with Crippen molar-refractivity contribution < 1.29 is 14.3 Å². The highest BCUT2D eigenvalue weighted by atomic mass is 35.5. The van der Waals surface area contributed by atoms with E-state index < -0.39 is 0 Å². The van der Waals surface area contributed by atoms with Gasteiger partial charge in [-0.2, -0.15) is 5.10 Å². The van der Waals surface area contributed by atoms with Gasteiger partial charge < -0.3 is 14.8 Å². The summed E-state index contributed by atoms with van der Waals surface area (Å²) in [5.74, 6) is 2.05. The molecule has 8 heteroatoms. The predicted molar refractivity (Wildman–Crippen MR) is 116 cm³/mol. The molecule has 4 rings (SSSR count). The number of rotatable bonds is 6. The number of amides is 1. The molecule has 0 saturated carbocycles. The van der Waals surface area contributed by atoms with Crippen LogP contribution in [-0.4, -0.2) is 46.9 Å². The van der Waals surface area contributed by atoms with Crippen LogP contribution >= 0.6 is 11.6 Å². The van der Waals surface area contributed by atoms with Gasteiger partial charge in [-0.3, -0.25) is 14.4 Å². The molecule has 0 atom stereocenters. The molecule has 3 heterocycles. The normalized spacial score (nSPS) is 17.2. The lowest BCUT2D eigenvalue weighted by Crippen LogP contribution is -2.33. The number of hydrogen-bond donors (Lipinski definition) is 1. The summed E-state index contributed by atoms with van der Waals surface area (Å²) in [5, 5.41) is 8.10. The average Bonchev–Trinajstić information content (AvgIpc) is 2.99. The van der Waals surface area contributed by atoms with E-state index in [1.54, 1.807) is 4.68 Å². The van der Waals surface area contributed by atoms with Crippen LogP contribution in [0.25, 0.3) is 0 Å². The monoisotopic (exact) mass is 432 g/mol. The highest BCUT2D eigenvalue weighted by Crippen LogP contribution is 2.33. The van der Waals surface area contributed by atoms with E-state index >= 15 is 0 Å². The van der Waals surface area contributed by atoms with E-state index in [-0.39, 0.29) is 5.91 Å². The zero-order valence-electron chi connectivity index (χ0n) is 17.6. The number of fused-ring (bicyclic) bond motifs is 1. The van der Waals surface area contributed by atoms with E-state index in [9.17, 15) is 4.79 Å². The van der Waals surface area contributed by atoms with Gasteiger partial charge in [0.05, 0.1) is 5.69 Å². The van der Waals surface area contributed by atoms with Crippen LogP contribution in [0.4, 0.5) is 5.69 Å². The van der Waals surface area contributed by atoms with E-state index in [0.29, 0.717) is 31.3 Å². The van der Waals surface area contributed by atoms with Crippen LogP contribution in [0, 0.1) is 12.8 Å². The lowest BCUT2D eigenvalue weighted by Gasteiger charge is -2.31. The van der Waals surface area contributed by atoms with Crippen molar-refractivity contribution in [2.45, 2.75) is 39.2 Å². The number of carbonyl (C=O) groups excluding carboxylic acids is 1. The number of aromatic nitrogens is 2. The van der Waals surface area contributed by atoms with Crippen LogP contribution in [0.15, 0.2) is 18.2 Å². The number of anilines is 1. The van der Waals surface area contributed by atoms with Gasteiger partial charge in [-0.05, 0) is 57.3 Å². The number of benzene rings is 1. The van der Waals surface area contributed by atoms with Crippen molar-refractivity contribution in [2.75, 3.05) is 31.6 Å². The molecule has 0 spiro atoms. The maximum absolute atomic E-state index is 12.4. The molecule has 30 heavy (non-hydrogen) atoms. The topological polar surface area (TPSA) is 68.6 Å². The second kappa shape index (κ2) is 9.27. The van der Waals surface area contributed by atoms with Gasteiger partial charge >= 0.3 is 0 Å². The molecule has 1 fully saturated rings. The summed E-state index contributed by atoms with van der Waals surface area (Å²) < 4.78 is 12.8. The summed E-state index contributed by atoms with van der Waals surface area (Å²) in [5.41, 5.74) is 2.87. The largest absolute Gasteiger partial charge is 0.486 e. The first-order valence-corrected chi connectivity index (χ1v) is 11.0. The maximum Gasteiger partial charge on any atom is 0.224 e. The molecule has 1 aromatic carbocycles. The summed E-state index contributed by atoms with van der Waals surface area (Å²) in [6.45, 7) is 6.00. The molecule has 2 aliphatic rings. The van der Waals surface area contributed by atoms with Crippen molar-refractivity contribution in [2.24, 2.45) is 13.0 Å². The molecule has 1 saturated heterocycles. The third-order valence-electron chi connectivity index (χ3n) is 5.96. The molecule has 2 aliphatic heterocycles. The van der Waals surface area contributed by atoms with Crippen molar-refractivity contribution in [3.8, 4) is 11.5 Å². The predicted octanol–water partition coefficient (Wildman–Crippen LogP) is 3.78. The fraction of sp³-hybridized carbons (Fsp3) is 0.545. The minimum absolute atomic E-state index is 0.0480. The molecule has 1 N–H and O–H groups in total. The number of carbonyl (C=O) groups is 1. The number of nitrogens with zero attached hydrogens (tertiary/aromatic N) is 3. The molecule has 0 aliphatic carbocycles. The second-order valence-corrected chi connectivity index (χ2v) is 8.50. The molecule has 162 valence electrons. The van der Waals surface area contributed by atoms with Crippen molar-refractivity contribution >= 4 is 23.2 Å². The van der Waals surface area contributed by atoms with Crippen LogP contribution in [-0.2, 0) is 18.4 Å². The van der Waals surface area contributed by atoms with Gasteiger partial charge in [0.1, 0.15) is 18.4 Å². The fourth-order valence-electron chi connectivity index (χ4n) is 4.19. The molecule has 7 nitrogen and oxygen atoms in total. The number of nitrogens with one attached hydrogen (secondary N) is 1. The summed E-state index contributed by atoms with van der Waals surface area (Å²) in [4.78, 5) is 14.8. The Bertz CT molecular complexity index is 906. The minimum Gasteiger partial charge on any atom is -0.486 e. The Balaban J connectivity index is 1.20. The van der Waals surface area contributed by atoms with E-state index in [1.807, 2.05) is 32.2 Å². The second-order valence-electron chi connectivity index (χ2n) is 8.14. The van der Waals surface area contributed by atoms with Crippen LogP contribution in [0.1, 0.15) is 36.9 Å². The Labute approximate surface area is 182 Å². The molecular weight excluding hydrogens is 404 g/mol. The number of piperidine rings is 1. The standard InChI is InChI=1S/C22H29ClN4O3/c1-15-18(22(23)26(2)25-15)14-27-9-7-16(8-10-27)3-6-21(28)24-17-4-5-19-20(13-17)30-12-11-29-19/h4-5,13,16H,3,6-12,14H2,1-2H3,(H,24,28). The third kappa shape index (κ3) is 4.90. The van der Waals surface area contributed by atoms with Gasteiger partial charge in [-0.15, -0.1) is 0 Å². The Kier molecular flexibility index (Phi) is 6.49. The highest BCUT2D eigenvalue weighted by Gasteiger charge is 2.22. The maximum atomic E-state index is 12.4. The quantitative estimate of drug-likeness (QED) is 0.752. The summed E-state index contributed by atoms with van der Waals surface area (Å²) in [6.07, 6.45) is 3.66. The van der Waals surface area contributed by atoms with Gasteiger partial charge in [-0.1, -0.05) is 11.6 Å². The van der Waals surface area contributed by atoms with Gasteiger partial charge in [-0.25, -0.2) is 0 Å². The highest BCUT2D eigenvalue weighted by molar-refractivity contribution is 6.30. The van der Waals surface area contributed by atoms with Gasteiger partial charge in [0.15, 0.2) is 11.5 Å². The number of halogens is 1.